The normalized spacial score (nSPS) is 11.7. The summed E-state index contributed by atoms with van der Waals surface area (Å²) in [5.74, 6) is 0.189. The molecule has 0 aliphatic rings. The quantitative estimate of drug-likeness (QED) is 0.597. The Morgan fingerprint density at radius 3 is 2.73 bits per heavy atom. The Morgan fingerprint density at radius 2 is 2.07 bits per heavy atom. The van der Waals surface area contributed by atoms with Crippen molar-refractivity contribution in [1.29, 1.82) is 0 Å². The highest BCUT2D eigenvalue weighted by molar-refractivity contribution is 7.13. The number of aryl methyl sites for hydroxylation is 1. The average Bonchev–Trinajstić information content (AvgIpc) is 3.39. The van der Waals surface area contributed by atoms with Crippen LogP contribution in [-0.2, 0) is 11.8 Å². The highest BCUT2D eigenvalue weighted by atomic mass is 32.1. The number of carbonyl (C=O) groups excluding carboxylic acids is 2. The zero-order valence-corrected chi connectivity index (χ0v) is 18.3. The molecule has 30 heavy (non-hydrogen) atoms. The van der Waals surface area contributed by atoms with E-state index in [1.54, 1.807) is 36.4 Å². The number of thiazole rings is 1. The first-order valence-electron chi connectivity index (χ1n) is 9.56. The van der Waals surface area contributed by atoms with E-state index >= 15 is 0 Å². The molecule has 3 rings (SSSR count). The SMILES string of the molecule is CCC(NC(=O)c1csc(-c2cnn(C)c2)n1)c1ccccc1OCC(=O)N(C)C. The molecule has 0 aliphatic heterocycles. The molecule has 1 N–H and O–H groups in total. The van der Waals surface area contributed by atoms with Crippen LogP contribution < -0.4 is 10.1 Å². The molecule has 2 heterocycles. The minimum atomic E-state index is -0.272. The second kappa shape index (κ2) is 9.53. The standard InChI is InChI=1S/C21H25N5O3S/c1-5-16(15-8-6-7-9-18(15)29-12-19(27)25(2)3)23-20(28)17-13-30-21(24-17)14-10-22-26(4)11-14/h6-11,13,16H,5,12H2,1-4H3,(H,23,28). The van der Waals surface area contributed by atoms with Crippen molar-refractivity contribution in [2.75, 3.05) is 20.7 Å². The molecular weight excluding hydrogens is 402 g/mol. The van der Waals surface area contributed by atoms with Gasteiger partial charge >= 0.3 is 0 Å². The second-order valence-corrected chi connectivity index (χ2v) is 7.85. The predicted molar refractivity (Wildman–Crippen MR) is 115 cm³/mol. The van der Waals surface area contributed by atoms with E-state index in [-0.39, 0.29) is 24.5 Å². The Balaban J connectivity index is 1.73. The third-order valence-corrected chi connectivity index (χ3v) is 5.44. The fourth-order valence-corrected chi connectivity index (χ4v) is 3.62. The molecule has 0 radical (unpaired) electrons. The number of para-hydroxylation sites is 1. The molecule has 1 unspecified atom stereocenters. The van der Waals surface area contributed by atoms with E-state index < -0.39 is 0 Å². The van der Waals surface area contributed by atoms with Crippen LogP contribution in [0.1, 0.15) is 35.4 Å². The van der Waals surface area contributed by atoms with E-state index in [2.05, 4.69) is 15.4 Å². The first-order chi connectivity index (χ1) is 14.4. The van der Waals surface area contributed by atoms with Crippen molar-refractivity contribution in [3.8, 4) is 16.3 Å². The van der Waals surface area contributed by atoms with Crippen LogP contribution in [-0.4, -0.2) is 52.2 Å². The zero-order chi connectivity index (χ0) is 21.7. The Labute approximate surface area is 179 Å². The largest absolute Gasteiger partial charge is 0.483 e. The minimum Gasteiger partial charge on any atom is -0.483 e. The molecule has 1 atom stereocenters. The van der Waals surface area contributed by atoms with Crippen LogP contribution in [0, 0.1) is 0 Å². The number of benzene rings is 1. The van der Waals surface area contributed by atoms with Crippen molar-refractivity contribution >= 4 is 23.2 Å². The molecule has 3 aromatic rings. The maximum absolute atomic E-state index is 12.8. The van der Waals surface area contributed by atoms with Crippen LogP contribution >= 0.6 is 11.3 Å². The molecule has 1 aromatic carbocycles. The summed E-state index contributed by atoms with van der Waals surface area (Å²) in [7, 11) is 5.20. The Hall–Kier alpha value is -3.20. The van der Waals surface area contributed by atoms with Crippen molar-refractivity contribution in [2.45, 2.75) is 19.4 Å². The number of aromatic nitrogens is 3. The summed E-state index contributed by atoms with van der Waals surface area (Å²) < 4.78 is 7.43. The van der Waals surface area contributed by atoms with Crippen LogP contribution in [0.4, 0.5) is 0 Å². The molecule has 2 amide bonds. The molecule has 158 valence electrons. The predicted octanol–water partition coefficient (Wildman–Crippen LogP) is 2.89. The molecule has 0 fully saturated rings. The summed E-state index contributed by atoms with van der Waals surface area (Å²) >= 11 is 1.40. The first kappa shape index (κ1) is 21.5. The van der Waals surface area contributed by atoms with Crippen molar-refractivity contribution in [1.82, 2.24) is 25.0 Å². The van der Waals surface area contributed by atoms with Gasteiger partial charge in [-0.2, -0.15) is 5.10 Å². The van der Waals surface area contributed by atoms with Gasteiger partial charge in [-0.15, -0.1) is 11.3 Å². The number of rotatable bonds is 8. The topological polar surface area (TPSA) is 89.4 Å². The van der Waals surface area contributed by atoms with Gasteiger partial charge in [0.15, 0.2) is 6.61 Å². The number of carbonyl (C=O) groups is 2. The highest BCUT2D eigenvalue weighted by Gasteiger charge is 2.20. The van der Waals surface area contributed by atoms with Crippen LogP contribution in [0.15, 0.2) is 42.0 Å². The van der Waals surface area contributed by atoms with Gasteiger partial charge in [0.25, 0.3) is 11.8 Å². The maximum Gasteiger partial charge on any atom is 0.271 e. The highest BCUT2D eigenvalue weighted by Crippen LogP contribution is 2.28. The number of hydrogen-bond acceptors (Lipinski definition) is 6. The van der Waals surface area contributed by atoms with E-state index in [4.69, 9.17) is 4.74 Å². The first-order valence-corrected chi connectivity index (χ1v) is 10.4. The molecule has 0 saturated heterocycles. The van der Waals surface area contributed by atoms with E-state index in [1.165, 1.54) is 16.2 Å². The Morgan fingerprint density at radius 1 is 1.30 bits per heavy atom. The lowest BCUT2D eigenvalue weighted by Crippen LogP contribution is -2.30. The summed E-state index contributed by atoms with van der Waals surface area (Å²) in [6, 6.07) is 7.15. The van der Waals surface area contributed by atoms with Crippen molar-refractivity contribution in [3.63, 3.8) is 0 Å². The van der Waals surface area contributed by atoms with Gasteiger partial charge in [0.2, 0.25) is 0 Å². The van der Waals surface area contributed by atoms with Crippen molar-refractivity contribution in [3.05, 3.63) is 53.3 Å². The van der Waals surface area contributed by atoms with Crippen LogP contribution in [0.2, 0.25) is 0 Å². The molecule has 9 heteroatoms. The number of likely N-dealkylation sites (N-methyl/N-ethyl adjacent to an activating group) is 1. The summed E-state index contributed by atoms with van der Waals surface area (Å²) in [6.07, 6.45) is 4.24. The van der Waals surface area contributed by atoms with Crippen molar-refractivity contribution in [2.24, 2.45) is 7.05 Å². The van der Waals surface area contributed by atoms with Gasteiger partial charge in [-0.25, -0.2) is 4.98 Å². The van der Waals surface area contributed by atoms with Gasteiger partial charge in [-0.3, -0.25) is 14.3 Å². The summed E-state index contributed by atoms with van der Waals surface area (Å²) in [6.45, 7) is 1.92. The van der Waals surface area contributed by atoms with E-state index in [1.807, 2.05) is 38.4 Å². The van der Waals surface area contributed by atoms with Gasteiger partial charge in [0.05, 0.1) is 12.2 Å². The van der Waals surface area contributed by atoms with Gasteiger partial charge in [0.1, 0.15) is 16.5 Å². The van der Waals surface area contributed by atoms with Crippen molar-refractivity contribution < 1.29 is 14.3 Å². The number of ether oxygens (including phenoxy) is 1. The summed E-state index contributed by atoms with van der Waals surface area (Å²) in [4.78, 5) is 30.6. The third-order valence-electron chi connectivity index (χ3n) is 4.55. The van der Waals surface area contributed by atoms with Gasteiger partial charge in [0, 0.05) is 43.8 Å². The maximum atomic E-state index is 12.8. The molecule has 0 aliphatic carbocycles. The number of hydrogen-bond donors (Lipinski definition) is 1. The van der Waals surface area contributed by atoms with Gasteiger partial charge in [-0.1, -0.05) is 25.1 Å². The Kier molecular flexibility index (Phi) is 6.83. The monoisotopic (exact) mass is 427 g/mol. The number of nitrogens with one attached hydrogen (secondary N) is 1. The summed E-state index contributed by atoms with van der Waals surface area (Å²) in [5.41, 5.74) is 2.05. The molecule has 0 spiro atoms. The molecule has 0 saturated carbocycles. The zero-order valence-electron chi connectivity index (χ0n) is 17.5. The molecule has 2 aromatic heterocycles. The number of nitrogens with zero attached hydrogens (tertiary/aromatic N) is 4. The fourth-order valence-electron chi connectivity index (χ4n) is 2.84. The van der Waals surface area contributed by atoms with E-state index in [0.29, 0.717) is 17.9 Å². The Bertz CT molecular complexity index is 1030. The van der Waals surface area contributed by atoms with Crippen LogP contribution in [0.5, 0.6) is 5.75 Å². The van der Waals surface area contributed by atoms with E-state index in [0.717, 1.165) is 16.1 Å². The number of amides is 2. The lowest BCUT2D eigenvalue weighted by molar-refractivity contribution is -0.130. The average molecular weight is 428 g/mol. The van der Waals surface area contributed by atoms with Crippen LogP contribution in [0.25, 0.3) is 10.6 Å². The smallest absolute Gasteiger partial charge is 0.271 e. The fraction of sp³-hybridized carbons (Fsp3) is 0.333. The van der Waals surface area contributed by atoms with Gasteiger partial charge in [-0.05, 0) is 12.5 Å². The lowest BCUT2D eigenvalue weighted by atomic mass is 10.0. The minimum absolute atomic E-state index is 0.0606. The van der Waals surface area contributed by atoms with Crippen LogP contribution in [0.3, 0.4) is 0 Å². The molecular formula is C21H25N5O3S. The second-order valence-electron chi connectivity index (χ2n) is 6.99. The summed E-state index contributed by atoms with van der Waals surface area (Å²) in [5, 5.41) is 9.65. The molecule has 0 bridgehead atoms. The third kappa shape index (κ3) is 5.04. The van der Waals surface area contributed by atoms with Gasteiger partial charge < -0.3 is 15.0 Å². The van der Waals surface area contributed by atoms with E-state index in [9.17, 15) is 9.59 Å². The molecule has 8 nitrogen and oxygen atoms in total. The lowest BCUT2D eigenvalue weighted by Gasteiger charge is -2.20.